The summed E-state index contributed by atoms with van der Waals surface area (Å²) in [4.78, 5) is 31.0. The van der Waals surface area contributed by atoms with E-state index >= 15 is 0 Å². The molecule has 0 aliphatic carbocycles. The smallest absolute Gasteiger partial charge is 0.305 e. The molecular weight excluding hydrogens is 358 g/mol. The zero-order valence-electron chi connectivity index (χ0n) is 14.2. The quantitative estimate of drug-likeness (QED) is 0.290. The van der Waals surface area contributed by atoms with Crippen molar-refractivity contribution in [1.82, 2.24) is 15.3 Å². The summed E-state index contributed by atoms with van der Waals surface area (Å²) in [7, 11) is 1.32. The van der Waals surface area contributed by atoms with E-state index in [9.17, 15) is 9.59 Å². The van der Waals surface area contributed by atoms with Gasteiger partial charge < -0.3 is 15.8 Å². The van der Waals surface area contributed by atoms with Crippen molar-refractivity contribution in [2.75, 3.05) is 13.7 Å². The van der Waals surface area contributed by atoms with Crippen molar-refractivity contribution in [3.05, 3.63) is 48.0 Å². The maximum Gasteiger partial charge on any atom is 0.305 e. The standard InChI is InChI=1S/C17H19N5O3.ClH/c1-25-14(23)3-2-8-20-17(24)16-21-9-13(10-22-16)11-4-6-12(7-5-11)15(18)19;/h4-7,9-10H,2-3,8H2,1H3,(H3,18,19)(H,20,24);1H. The highest BCUT2D eigenvalue weighted by atomic mass is 35.5. The summed E-state index contributed by atoms with van der Waals surface area (Å²) in [5, 5.41) is 10.0. The lowest BCUT2D eigenvalue weighted by Crippen LogP contribution is -2.26. The Hall–Kier alpha value is -3.00. The minimum absolute atomic E-state index is 0. The molecule has 0 atom stereocenters. The molecule has 2 rings (SSSR count). The molecule has 1 amide bonds. The highest BCUT2D eigenvalue weighted by molar-refractivity contribution is 5.95. The normalized spacial score (nSPS) is 9.73. The summed E-state index contributed by atoms with van der Waals surface area (Å²) in [5.41, 5.74) is 7.65. The number of ether oxygens (including phenoxy) is 1. The molecule has 0 bridgehead atoms. The number of halogens is 1. The number of benzene rings is 1. The van der Waals surface area contributed by atoms with E-state index in [1.54, 1.807) is 24.5 Å². The van der Waals surface area contributed by atoms with E-state index in [0.717, 1.165) is 11.1 Å². The highest BCUT2D eigenvalue weighted by Crippen LogP contribution is 2.18. The number of nitrogen functional groups attached to an aromatic ring is 1. The van der Waals surface area contributed by atoms with Crippen LogP contribution in [0, 0.1) is 5.41 Å². The number of amidine groups is 1. The Kier molecular flexibility index (Phi) is 8.17. The lowest BCUT2D eigenvalue weighted by atomic mass is 10.1. The molecule has 0 saturated heterocycles. The van der Waals surface area contributed by atoms with Crippen molar-refractivity contribution in [1.29, 1.82) is 5.41 Å². The van der Waals surface area contributed by atoms with Crippen LogP contribution in [-0.2, 0) is 9.53 Å². The minimum Gasteiger partial charge on any atom is -0.469 e. The van der Waals surface area contributed by atoms with Gasteiger partial charge in [0, 0.05) is 36.5 Å². The van der Waals surface area contributed by atoms with Crippen LogP contribution in [0.15, 0.2) is 36.7 Å². The SMILES string of the molecule is COC(=O)CCCNC(=O)c1ncc(-c2ccc(C(=N)N)cc2)cn1.Cl. The van der Waals surface area contributed by atoms with E-state index in [1.807, 2.05) is 12.1 Å². The van der Waals surface area contributed by atoms with Crippen molar-refractivity contribution in [3.63, 3.8) is 0 Å². The maximum atomic E-state index is 11.9. The van der Waals surface area contributed by atoms with Gasteiger partial charge in [0.25, 0.3) is 5.91 Å². The molecule has 4 N–H and O–H groups in total. The predicted molar refractivity (Wildman–Crippen MR) is 99.3 cm³/mol. The van der Waals surface area contributed by atoms with Crippen LogP contribution in [0.5, 0.6) is 0 Å². The fourth-order valence-corrected chi connectivity index (χ4v) is 2.05. The summed E-state index contributed by atoms with van der Waals surface area (Å²) in [6.45, 7) is 0.339. The second kappa shape index (κ2) is 10.1. The molecule has 2 aromatic rings. The molecule has 1 aromatic heterocycles. The Morgan fingerprint density at radius 1 is 1.15 bits per heavy atom. The third-order valence-corrected chi connectivity index (χ3v) is 3.46. The average Bonchev–Trinajstić information content (AvgIpc) is 2.65. The van der Waals surface area contributed by atoms with Gasteiger partial charge in [0.2, 0.25) is 5.82 Å². The van der Waals surface area contributed by atoms with Crippen LogP contribution in [0.2, 0.25) is 0 Å². The third kappa shape index (κ3) is 5.82. The number of nitrogens with two attached hydrogens (primary N) is 1. The van der Waals surface area contributed by atoms with Crippen LogP contribution in [0.25, 0.3) is 11.1 Å². The summed E-state index contributed by atoms with van der Waals surface area (Å²) in [5.74, 6) is -0.654. The number of amides is 1. The number of carbonyl (C=O) groups is 2. The van der Waals surface area contributed by atoms with Gasteiger partial charge in [-0.25, -0.2) is 9.97 Å². The van der Waals surface area contributed by atoms with Gasteiger partial charge in [-0.15, -0.1) is 12.4 Å². The van der Waals surface area contributed by atoms with E-state index < -0.39 is 5.91 Å². The summed E-state index contributed by atoms with van der Waals surface area (Å²) >= 11 is 0. The molecular formula is C17H20ClN5O3. The van der Waals surface area contributed by atoms with Gasteiger partial charge in [-0.2, -0.15) is 0 Å². The first-order chi connectivity index (χ1) is 12.0. The number of nitrogens with one attached hydrogen (secondary N) is 2. The second-order valence-corrected chi connectivity index (χ2v) is 5.22. The fraction of sp³-hybridized carbons (Fsp3) is 0.235. The largest absolute Gasteiger partial charge is 0.469 e. The van der Waals surface area contributed by atoms with Crippen LogP contribution in [0.3, 0.4) is 0 Å². The molecule has 26 heavy (non-hydrogen) atoms. The number of nitrogens with zero attached hydrogens (tertiary/aromatic N) is 2. The molecule has 0 saturated carbocycles. The Labute approximate surface area is 157 Å². The summed E-state index contributed by atoms with van der Waals surface area (Å²) in [6.07, 6.45) is 3.84. The van der Waals surface area contributed by atoms with Crippen LogP contribution in [0.4, 0.5) is 0 Å². The third-order valence-electron chi connectivity index (χ3n) is 3.46. The van der Waals surface area contributed by atoms with Gasteiger partial charge in [0.15, 0.2) is 0 Å². The molecule has 138 valence electrons. The molecule has 0 radical (unpaired) electrons. The molecule has 9 heteroatoms. The Bertz CT molecular complexity index is 763. The van der Waals surface area contributed by atoms with Crippen molar-refractivity contribution >= 4 is 30.1 Å². The van der Waals surface area contributed by atoms with E-state index in [0.29, 0.717) is 18.5 Å². The van der Waals surface area contributed by atoms with E-state index in [-0.39, 0.29) is 36.5 Å². The second-order valence-electron chi connectivity index (χ2n) is 5.22. The van der Waals surface area contributed by atoms with Crippen LogP contribution in [0.1, 0.15) is 29.0 Å². The van der Waals surface area contributed by atoms with Crippen molar-refractivity contribution < 1.29 is 14.3 Å². The van der Waals surface area contributed by atoms with Gasteiger partial charge in [-0.05, 0) is 12.0 Å². The van der Waals surface area contributed by atoms with E-state index in [4.69, 9.17) is 11.1 Å². The molecule has 0 aliphatic heterocycles. The minimum atomic E-state index is -0.400. The summed E-state index contributed by atoms with van der Waals surface area (Å²) in [6, 6.07) is 7.09. The average molecular weight is 378 g/mol. The zero-order valence-corrected chi connectivity index (χ0v) is 15.0. The lowest BCUT2D eigenvalue weighted by molar-refractivity contribution is -0.140. The van der Waals surface area contributed by atoms with E-state index in [2.05, 4.69) is 20.0 Å². The Morgan fingerprint density at radius 2 is 1.77 bits per heavy atom. The Morgan fingerprint density at radius 3 is 2.31 bits per heavy atom. The highest BCUT2D eigenvalue weighted by Gasteiger charge is 2.09. The first kappa shape index (κ1) is 21.0. The van der Waals surface area contributed by atoms with Crippen molar-refractivity contribution in [3.8, 4) is 11.1 Å². The van der Waals surface area contributed by atoms with Crippen molar-refractivity contribution in [2.45, 2.75) is 12.8 Å². The van der Waals surface area contributed by atoms with Crippen LogP contribution in [-0.4, -0.2) is 41.3 Å². The van der Waals surface area contributed by atoms with E-state index in [1.165, 1.54) is 7.11 Å². The molecule has 1 aromatic carbocycles. The number of esters is 1. The number of carbonyl (C=O) groups excluding carboxylic acids is 2. The Balaban J connectivity index is 0.00000338. The predicted octanol–water partition coefficient (Wildman–Crippen LogP) is 1.53. The van der Waals surface area contributed by atoms with Gasteiger partial charge in [-0.1, -0.05) is 24.3 Å². The first-order valence-electron chi connectivity index (χ1n) is 7.63. The van der Waals surface area contributed by atoms with Crippen molar-refractivity contribution in [2.24, 2.45) is 5.73 Å². The van der Waals surface area contributed by atoms with Gasteiger partial charge in [0.05, 0.1) is 7.11 Å². The maximum absolute atomic E-state index is 11.9. The number of rotatable bonds is 7. The summed E-state index contributed by atoms with van der Waals surface area (Å²) < 4.78 is 4.52. The van der Waals surface area contributed by atoms with Gasteiger partial charge in [0.1, 0.15) is 5.84 Å². The number of hydrogen-bond donors (Lipinski definition) is 3. The zero-order chi connectivity index (χ0) is 18.2. The van der Waals surface area contributed by atoms with Gasteiger partial charge >= 0.3 is 5.97 Å². The number of hydrogen-bond acceptors (Lipinski definition) is 6. The molecule has 0 aliphatic rings. The number of aromatic nitrogens is 2. The molecule has 0 fully saturated rings. The lowest BCUT2D eigenvalue weighted by Gasteiger charge is -2.05. The monoisotopic (exact) mass is 377 g/mol. The number of methoxy groups -OCH3 is 1. The topological polar surface area (TPSA) is 131 Å². The van der Waals surface area contributed by atoms with Gasteiger partial charge in [-0.3, -0.25) is 15.0 Å². The first-order valence-corrected chi connectivity index (χ1v) is 7.63. The fourth-order valence-electron chi connectivity index (χ4n) is 2.05. The molecule has 1 heterocycles. The molecule has 0 spiro atoms. The van der Waals surface area contributed by atoms with Crippen LogP contribution >= 0.6 is 12.4 Å². The molecule has 0 unspecified atom stereocenters. The van der Waals surface area contributed by atoms with Crippen LogP contribution < -0.4 is 11.1 Å². The molecule has 8 nitrogen and oxygen atoms in total.